The Morgan fingerprint density at radius 1 is 1.10 bits per heavy atom. The Bertz CT molecular complexity index is 707. The molecule has 0 atom stereocenters. The monoisotopic (exact) mass is 414 g/mol. The Balaban J connectivity index is 1.44. The SMILES string of the molecule is CCc1ccccc1NC(=O)CN1CCN(C(=O)CN(C(C)C)C2CCCC2)CC1. The smallest absolute Gasteiger partial charge is 0.238 e. The normalized spacial score (nSPS) is 18.4. The van der Waals surface area contributed by atoms with Gasteiger partial charge < -0.3 is 10.2 Å². The molecule has 1 saturated heterocycles. The Morgan fingerprint density at radius 3 is 2.40 bits per heavy atom. The van der Waals surface area contributed by atoms with Crippen LogP contribution in [0.4, 0.5) is 5.69 Å². The van der Waals surface area contributed by atoms with Gasteiger partial charge in [0.1, 0.15) is 0 Å². The minimum absolute atomic E-state index is 0.0166. The Labute approximate surface area is 181 Å². The standard InChI is InChI=1S/C24H38N4O2/c1-4-20-9-5-8-12-22(20)25-23(29)17-26-13-15-27(16-14-26)24(30)18-28(19(2)3)21-10-6-7-11-21/h5,8-9,12,19,21H,4,6-7,10-11,13-18H2,1-3H3,(H,25,29). The molecule has 1 aliphatic carbocycles. The Hall–Kier alpha value is -1.92. The van der Waals surface area contributed by atoms with E-state index in [1.807, 2.05) is 29.2 Å². The lowest BCUT2D eigenvalue weighted by molar-refractivity contribution is -0.135. The minimum atomic E-state index is 0.0166. The highest BCUT2D eigenvalue weighted by molar-refractivity contribution is 5.93. The van der Waals surface area contributed by atoms with Crippen LogP contribution in [0.5, 0.6) is 0 Å². The van der Waals surface area contributed by atoms with Crippen LogP contribution in [0.3, 0.4) is 0 Å². The quantitative estimate of drug-likeness (QED) is 0.711. The second-order valence-corrected chi connectivity index (χ2v) is 8.92. The average molecular weight is 415 g/mol. The fraction of sp³-hybridized carbons (Fsp3) is 0.667. The van der Waals surface area contributed by atoms with E-state index in [0.29, 0.717) is 38.3 Å². The van der Waals surface area contributed by atoms with Crippen molar-refractivity contribution in [2.24, 2.45) is 0 Å². The highest BCUT2D eigenvalue weighted by Gasteiger charge is 2.29. The topological polar surface area (TPSA) is 55.9 Å². The molecule has 0 unspecified atom stereocenters. The van der Waals surface area contributed by atoms with E-state index < -0.39 is 0 Å². The minimum Gasteiger partial charge on any atom is -0.339 e. The number of benzene rings is 1. The third-order valence-corrected chi connectivity index (χ3v) is 6.54. The van der Waals surface area contributed by atoms with Gasteiger partial charge in [-0.2, -0.15) is 0 Å². The lowest BCUT2D eigenvalue weighted by Crippen LogP contribution is -2.54. The molecule has 2 fully saturated rings. The number of carbonyl (C=O) groups is 2. The number of hydrogen-bond donors (Lipinski definition) is 1. The van der Waals surface area contributed by atoms with Crippen LogP contribution in [0.25, 0.3) is 0 Å². The van der Waals surface area contributed by atoms with E-state index in [0.717, 1.165) is 30.8 Å². The van der Waals surface area contributed by atoms with E-state index in [-0.39, 0.29) is 11.8 Å². The fourth-order valence-electron chi connectivity index (χ4n) is 4.72. The molecule has 0 aromatic heterocycles. The summed E-state index contributed by atoms with van der Waals surface area (Å²) in [7, 11) is 0. The van der Waals surface area contributed by atoms with Crippen LogP contribution >= 0.6 is 0 Å². The third-order valence-electron chi connectivity index (χ3n) is 6.54. The van der Waals surface area contributed by atoms with Crippen LogP contribution in [0, 0.1) is 0 Å². The van der Waals surface area contributed by atoms with Crippen molar-refractivity contribution < 1.29 is 9.59 Å². The molecule has 1 saturated carbocycles. The van der Waals surface area contributed by atoms with E-state index in [1.165, 1.54) is 25.7 Å². The van der Waals surface area contributed by atoms with E-state index in [1.54, 1.807) is 0 Å². The Kier molecular flexibility index (Phi) is 8.28. The van der Waals surface area contributed by atoms with Gasteiger partial charge in [0.25, 0.3) is 0 Å². The van der Waals surface area contributed by atoms with Crippen LogP contribution in [0.2, 0.25) is 0 Å². The maximum Gasteiger partial charge on any atom is 0.238 e. The zero-order valence-electron chi connectivity index (χ0n) is 18.9. The summed E-state index contributed by atoms with van der Waals surface area (Å²) in [5.41, 5.74) is 2.05. The van der Waals surface area contributed by atoms with E-state index >= 15 is 0 Å². The first-order valence-electron chi connectivity index (χ1n) is 11.6. The molecule has 0 bridgehead atoms. The summed E-state index contributed by atoms with van der Waals surface area (Å²) >= 11 is 0. The van der Waals surface area contributed by atoms with E-state index in [4.69, 9.17) is 0 Å². The maximum atomic E-state index is 12.9. The van der Waals surface area contributed by atoms with Crippen LogP contribution in [0.15, 0.2) is 24.3 Å². The molecule has 3 rings (SSSR count). The van der Waals surface area contributed by atoms with Gasteiger partial charge in [-0.05, 0) is 44.7 Å². The van der Waals surface area contributed by atoms with Crippen molar-refractivity contribution in [3.8, 4) is 0 Å². The number of para-hydroxylation sites is 1. The molecule has 0 spiro atoms. The molecule has 1 heterocycles. The molecule has 0 radical (unpaired) electrons. The third kappa shape index (κ3) is 6.05. The lowest BCUT2D eigenvalue weighted by Gasteiger charge is -2.37. The summed E-state index contributed by atoms with van der Waals surface area (Å²) in [5.74, 6) is 0.250. The second-order valence-electron chi connectivity index (χ2n) is 8.92. The summed E-state index contributed by atoms with van der Waals surface area (Å²) in [6.07, 6.45) is 5.90. The summed E-state index contributed by atoms with van der Waals surface area (Å²) in [6, 6.07) is 8.91. The van der Waals surface area contributed by atoms with Crippen LogP contribution in [-0.2, 0) is 16.0 Å². The molecule has 1 aliphatic heterocycles. The number of rotatable bonds is 8. The highest BCUT2D eigenvalue weighted by Crippen LogP contribution is 2.25. The zero-order valence-corrected chi connectivity index (χ0v) is 18.9. The molecule has 1 N–H and O–H groups in total. The van der Waals surface area contributed by atoms with Crippen LogP contribution < -0.4 is 5.32 Å². The van der Waals surface area contributed by atoms with Crippen molar-refractivity contribution in [2.75, 3.05) is 44.6 Å². The number of aryl methyl sites for hydroxylation is 1. The molecule has 30 heavy (non-hydrogen) atoms. The molecular formula is C24H38N4O2. The van der Waals surface area contributed by atoms with Gasteiger partial charge in [0.2, 0.25) is 11.8 Å². The van der Waals surface area contributed by atoms with Gasteiger partial charge in [-0.15, -0.1) is 0 Å². The fourth-order valence-corrected chi connectivity index (χ4v) is 4.72. The van der Waals surface area contributed by atoms with Crippen molar-refractivity contribution in [3.63, 3.8) is 0 Å². The van der Waals surface area contributed by atoms with Crippen LogP contribution in [-0.4, -0.2) is 77.9 Å². The molecule has 2 amide bonds. The van der Waals surface area contributed by atoms with Crippen molar-refractivity contribution >= 4 is 17.5 Å². The summed E-state index contributed by atoms with van der Waals surface area (Å²) in [6.45, 7) is 10.3. The summed E-state index contributed by atoms with van der Waals surface area (Å²) in [5, 5.41) is 3.04. The molecule has 6 nitrogen and oxygen atoms in total. The van der Waals surface area contributed by atoms with E-state index in [9.17, 15) is 9.59 Å². The number of amides is 2. The van der Waals surface area contributed by atoms with Crippen LogP contribution in [0.1, 0.15) is 52.0 Å². The zero-order chi connectivity index (χ0) is 21.5. The average Bonchev–Trinajstić information content (AvgIpc) is 3.27. The molecule has 1 aromatic carbocycles. The van der Waals surface area contributed by atoms with Crippen molar-refractivity contribution in [3.05, 3.63) is 29.8 Å². The molecule has 166 valence electrons. The molecule has 6 heteroatoms. The predicted molar refractivity (Wildman–Crippen MR) is 122 cm³/mol. The number of carbonyl (C=O) groups excluding carboxylic acids is 2. The van der Waals surface area contributed by atoms with Gasteiger partial charge in [-0.25, -0.2) is 0 Å². The second kappa shape index (κ2) is 10.9. The highest BCUT2D eigenvalue weighted by atomic mass is 16.2. The molecule has 1 aromatic rings. The van der Waals surface area contributed by atoms with Crippen molar-refractivity contribution in [1.29, 1.82) is 0 Å². The lowest BCUT2D eigenvalue weighted by atomic mass is 10.1. The number of nitrogens with zero attached hydrogens (tertiary/aromatic N) is 3. The largest absolute Gasteiger partial charge is 0.339 e. The number of nitrogens with one attached hydrogen (secondary N) is 1. The van der Waals surface area contributed by atoms with Gasteiger partial charge in [0.15, 0.2) is 0 Å². The van der Waals surface area contributed by atoms with Gasteiger partial charge in [0, 0.05) is 44.0 Å². The van der Waals surface area contributed by atoms with E-state index in [2.05, 4.69) is 35.9 Å². The number of hydrogen-bond acceptors (Lipinski definition) is 4. The Morgan fingerprint density at radius 2 is 1.77 bits per heavy atom. The first-order chi connectivity index (χ1) is 14.5. The van der Waals surface area contributed by atoms with Crippen molar-refractivity contribution in [2.45, 2.75) is 65.0 Å². The summed E-state index contributed by atoms with van der Waals surface area (Å²) < 4.78 is 0. The number of anilines is 1. The first-order valence-corrected chi connectivity index (χ1v) is 11.6. The van der Waals surface area contributed by atoms with Gasteiger partial charge in [-0.1, -0.05) is 38.0 Å². The first kappa shape index (κ1) is 22.8. The van der Waals surface area contributed by atoms with Gasteiger partial charge >= 0.3 is 0 Å². The molecule has 2 aliphatic rings. The number of piperazine rings is 1. The predicted octanol–water partition coefficient (Wildman–Crippen LogP) is 2.98. The van der Waals surface area contributed by atoms with Gasteiger partial charge in [0.05, 0.1) is 13.1 Å². The molecular weight excluding hydrogens is 376 g/mol. The summed E-state index contributed by atoms with van der Waals surface area (Å²) in [4.78, 5) is 31.9. The van der Waals surface area contributed by atoms with Crippen molar-refractivity contribution in [1.82, 2.24) is 14.7 Å². The maximum absolute atomic E-state index is 12.9. The van der Waals surface area contributed by atoms with Gasteiger partial charge in [-0.3, -0.25) is 19.4 Å².